The Morgan fingerprint density at radius 2 is 1.87 bits per heavy atom. The third-order valence-corrected chi connectivity index (χ3v) is 4.07. The largest absolute Gasteiger partial charge is 0.492 e. The number of rotatable bonds is 1. The molecule has 2 amide bonds. The molecule has 0 saturated carbocycles. The van der Waals surface area contributed by atoms with Gasteiger partial charge in [-0.3, -0.25) is 5.32 Å². The number of halogens is 3. The van der Waals surface area contributed by atoms with Crippen LogP contribution in [-0.4, -0.2) is 35.6 Å². The highest BCUT2D eigenvalue weighted by Crippen LogP contribution is 2.45. The lowest BCUT2D eigenvalue weighted by atomic mass is 10.0. The lowest BCUT2D eigenvalue weighted by molar-refractivity contribution is -0.318. The van der Waals surface area contributed by atoms with Crippen molar-refractivity contribution in [3.05, 3.63) is 24.3 Å². The first-order chi connectivity index (χ1) is 10.8. The van der Waals surface area contributed by atoms with Crippen molar-refractivity contribution >= 4 is 6.03 Å². The van der Waals surface area contributed by atoms with Crippen molar-refractivity contribution in [2.45, 2.75) is 44.3 Å². The van der Waals surface area contributed by atoms with Crippen molar-refractivity contribution in [2.24, 2.45) is 0 Å². The number of hydrogen-bond donors (Lipinski definition) is 1. The molecule has 0 aromatic heterocycles. The molecule has 2 aliphatic heterocycles. The molecule has 0 radical (unpaired) electrons. The molecule has 5 nitrogen and oxygen atoms in total. The molecule has 1 aromatic carbocycles. The van der Waals surface area contributed by atoms with Crippen LogP contribution in [-0.2, 0) is 0 Å². The summed E-state index contributed by atoms with van der Waals surface area (Å²) in [5.41, 5.74) is 0. The fourth-order valence-electron chi connectivity index (χ4n) is 2.80. The molecule has 126 valence electrons. The maximum atomic E-state index is 13.5. The van der Waals surface area contributed by atoms with Crippen LogP contribution in [0, 0.1) is 0 Å². The van der Waals surface area contributed by atoms with E-state index in [1.165, 1.54) is 29.2 Å². The van der Waals surface area contributed by atoms with E-state index in [0.717, 1.165) is 19.3 Å². The number of likely N-dealkylation sites (tertiary alicyclic amines) is 1. The minimum Gasteiger partial charge on any atom is -0.424 e. The minimum atomic E-state index is -4.93. The fourth-order valence-corrected chi connectivity index (χ4v) is 2.80. The van der Waals surface area contributed by atoms with Gasteiger partial charge in [0, 0.05) is 12.6 Å². The summed E-state index contributed by atoms with van der Waals surface area (Å²) < 4.78 is 50.5. The molecule has 0 bridgehead atoms. The van der Waals surface area contributed by atoms with Gasteiger partial charge in [0.15, 0.2) is 11.5 Å². The molecule has 1 atom stereocenters. The number of benzene rings is 1. The van der Waals surface area contributed by atoms with Crippen LogP contribution >= 0.6 is 0 Å². The molecule has 1 saturated heterocycles. The molecule has 1 fully saturated rings. The quantitative estimate of drug-likeness (QED) is 0.860. The van der Waals surface area contributed by atoms with Crippen LogP contribution in [0.5, 0.6) is 11.5 Å². The number of carbonyl (C=O) groups is 1. The van der Waals surface area contributed by atoms with Crippen molar-refractivity contribution in [1.82, 2.24) is 10.2 Å². The van der Waals surface area contributed by atoms with Crippen LogP contribution < -0.4 is 14.8 Å². The molecular weight excluding hydrogens is 313 g/mol. The zero-order valence-electron chi connectivity index (χ0n) is 12.5. The Kier molecular flexibility index (Phi) is 3.77. The van der Waals surface area contributed by atoms with E-state index in [-0.39, 0.29) is 17.5 Å². The van der Waals surface area contributed by atoms with E-state index in [0.29, 0.717) is 6.54 Å². The van der Waals surface area contributed by atoms with Gasteiger partial charge in [0.2, 0.25) is 0 Å². The summed E-state index contributed by atoms with van der Waals surface area (Å²) >= 11 is 0. The second-order valence-electron chi connectivity index (χ2n) is 5.73. The van der Waals surface area contributed by atoms with Crippen LogP contribution in [0.2, 0.25) is 0 Å². The van der Waals surface area contributed by atoms with Crippen molar-refractivity contribution in [3.63, 3.8) is 0 Å². The van der Waals surface area contributed by atoms with Gasteiger partial charge in [0.1, 0.15) is 0 Å². The lowest BCUT2D eigenvalue weighted by Crippen LogP contribution is -2.67. The number of hydrogen-bond acceptors (Lipinski definition) is 3. The predicted molar refractivity (Wildman–Crippen MR) is 75.0 cm³/mol. The van der Waals surface area contributed by atoms with Gasteiger partial charge in [-0.2, -0.15) is 13.2 Å². The molecule has 0 aliphatic carbocycles. The summed E-state index contributed by atoms with van der Waals surface area (Å²) in [5, 5.41) is 1.90. The highest BCUT2D eigenvalue weighted by atomic mass is 19.4. The van der Waals surface area contributed by atoms with E-state index in [1.54, 1.807) is 0 Å². The molecular formula is C15H17F3N2O3. The van der Waals surface area contributed by atoms with E-state index in [2.05, 4.69) is 0 Å². The van der Waals surface area contributed by atoms with Gasteiger partial charge in [0.25, 0.3) is 0 Å². The van der Waals surface area contributed by atoms with Crippen LogP contribution in [0.3, 0.4) is 0 Å². The first-order valence-corrected chi connectivity index (χ1v) is 7.45. The normalized spacial score (nSPS) is 22.8. The van der Waals surface area contributed by atoms with Gasteiger partial charge >= 0.3 is 18.1 Å². The molecule has 8 heteroatoms. The summed E-state index contributed by atoms with van der Waals surface area (Å²) in [5.74, 6) is -3.31. The van der Waals surface area contributed by atoms with E-state index in [1.807, 2.05) is 12.2 Å². The SMILES string of the molecule is CC1CCCCN1C(=O)NC1(C(F)(F)F)Oc2ccccc2O1. The Balaban J connectivity index is 1.83. The number of fused-ring (bicyclic) bond motifs is 1. The van der Waals surface area contributed by atoms with Gasteiger partial charge < -0.3 is 14.4 Å². The van der Waals surface area contributed by atoms with Crippen molar-refractivity contribution in [3.8, 4) is 11.5 Å². The highest BCUT2D eigenvalue weighted by molar-refractivity contribution is 5.75. The minimum absolute atomic E-state index is 0.0585. The van der Waals surface area contributed by atoms with E-state index < -0.39 is 18.1 Å². The van der Waals surface area contributed by atoms with Crippen molar-refractivity contribution in [1.29, 1.82) is 0 Å². The maximum absolute atomic E-state index is 13.5. The first kappa shape index (κ1) is 15.8. The van der Waals surface area contributed by atoms with Crippen LogP contribution in [0.1, 0.15) is 26.2 Å². The van der Waals surface area contributed by atoms with E-state index in [9.17, 15) is 18.0 Å². The Morgan fingerprint density at radius 3 is 2.39 bits per heavy atom. The monoisotopic (exact) mass is 330 g/mol. The van der Waals surface area contributed by atoms with Crippen LogP contribution in [0.25, 0.3) is 0 Å². The summed E-state index contributed by atoms with van der Waals surface area (Å²) in [6.45, 7) is 2.22. The van der Waals surface area contributed by atoms with Gasteiger partial charge in [-0.25, -0.2) is 4.79 Å². The number of ether oxygens (including phenoxy) is 2. The second-order valence-corrected chi connectivity index (χ2v) is 5.73. The van der Waals surface area contributed by atoms with Gasteiger partial charge in [0.05, 0.1) is 0 Å². The summed E-state index contributed by atoms with van der Waals surface area (Å²) in [4.78, 5) is 13.7. The average molecular weight is 330 g/mol. The zero-order valence-corrected chi connectivity index (χ0v) is 12.5. The maximum Gasteiger partial charge on any atom is 0.492 e. The van der Waals surface area contributed by atoms with Crippen LogP contribution in [0.4, 0.5) is 18.0 Å². The number of nitrogens with one attached hydrogen (secondary N) is 1. The van der Waals surface area contributed by atoms with Gasteiger partial charge in [-0.1, -0.05) is 12.1 Å². The molecule has 1 aromatic rings. The summed E-state index contributed by atoms with van der Waals surface area (Å²) in [7, 11) is 0. The lowest BCUT2D eigenvalue weighted by Gasteiger charge is -2.37. The van der Waals surface area contributed by atoms with Gasteiger partial charge in [-0.05, 0) is 38.3 Å². The van der Waals surface area contributed by atoms with E-state index in [4.69, 9.17) is 9.47 Å². The number of para-hydroxylation sites is 2. The smallest absolute Gasteiger partial charge is 0.424 e. The number of alkyl halides is 3. The highest BCUT2D eigenvalue weighted by Gasteiger charge is 2.66. The van der Waals surface area contributed by atoms with E-state index >= 15 is 0 Å². The Hall–Kier alpha value is -2.12. The molecule has 23 heavy (non-hydrogen) atoms. The third kappa shape index (κ3) is 2.77. The molecule has 1 unspecified atom stereocenters. The molecule has 2 aliphatic rings. The number of urea groups is 1. The number of nitrogens with zero attached hydrogens (tertiary/aromatic N) is 1. The molecule has 1 N–H and O–H groups in total. The molecule has 2 heterocycles. The fraction of sp³-hybridized carbons (Fsp3) is 0.533. The zero-order chi connectivity index (χ0) is 16.7. The predicted octanol–water partition coefficient (Wildman–Crippen LogP) is 3.26. The van der Waals surface area contributed by atoms with Gasteiger partial charge in [-0.15, -0.1) is 0 Å². The third-order valence-electron chi connectivity index (χ3n) is 4.07. The Morgan fingerprint density at radius 1 is 1.26 bits per heavy atom. The standard InChI is InChI=1S/C15H17F3N2O3/c1-10-6-4-5-9-20(10)13(21)19-15(14(16,17)18)22-11-7-2-3-8-12(11)23-15/h2-3,7-8,10H,4-6,9H2,1H3,(H,19,21). The average Bonchev–Trinajstić information content (AvgIpc) is 2.86. The molecule has 3 rings (SSSR count). The summed E-state index contributed by atoms with van der Waals surface area (Å²) in [6.07, 6.45) is -2.46. The second kappa shape index (κ2) is 5.50. The first-order valence-electron chi connectivity index (χ1n) is 7.45. The summed E-state index contributed by atoms with van der Waals surface area (Å²) in [6, 6.07) is 4.81. The van der Waals surface area contributed by atoms with Crippen molar-refractivity contribution < 1.29 is 27.4 Å². The Labute approximate surface area is 131 Å². The number of piperidine rings is 1. The number of amides is 2. The van der Waals surface area contributed by atoms with Crippen molar-refractivity contribution in [2.75, 3.05) is 6.54 Å². The Bertz CT molecular complexity index is 581. The molecule has 0 spiro atoms. The number of carbonyl (C=O) groups excluding carboxylic acids is 1. The topological polar surface area (TPSA) is 50.8 Å². The van der Waals surface area contributed by atoms with Crippen LogP contribution in [0.15, 0.2) is 24.3 Å².